The van der Waals surface area contributed by atoms with Crippen molar-refractivity contribution in [1.29, 1.82) is 0 Å². The van der Waals surface area contributed by atoms with E-state index in [0.29, 0.717) is 29.7 Å². The monoisotopic (exact) mass is 401 g/mol. The number of aliphatic hydroxyl groups excluding tert-OH is 1. The first kappa shape index (κ1) is 21.4. The molecule has 0 spiro atoms. The number of nitrogens with one attached hydrogen (secondary N) is 2. The normalized spacial score (nSPS) is 18.8. The topological polar surface area (TPSA) is 75.2 Å². The van der Waals surface area contributed by atoms with Crippen LogP contribution in [0.1, 0.15) is 17.2 Å². The quantitative estimate of drug-likeness (QED) is 0.562. The number of aliphatic hydroxyl groups is 1. The second kappa shape index (κ2) is 10.5. The minimum absolute atomic E-state index is 0.0840. The van der Waals surface area contributed by atoms with Gasteiger partial charge in [-0.1, -0.05) is 30.3 Å². The fourth-order valence-corrected chi connectivity index (χ4v) is 3.89. The van der Waals surface area contributed by atoms with Crippen LogP contribution >= 0.6 is 0 Å². The van der Waals surface area contributed by atoms with Gasteiger partial charge in [-0.3, -0.25) is 10.3 Å². The highest BCUT2D eigenvalue weighted by Crippen LogP contribution is 2.41. The Morgan fingerprint density at radius 2 is 1.72 bits per heavy atom. The van der Waals surface area contributed by atoms with Gasteiger partial charge in [0.05, 0.1) is 34.0 Å². The highest BCUT2D eigenvalue weighted by atomic mass is 16.5. The molecule has 0 aliphatic carbocycles. The smallest absolute Gasteiger partial charge is 0.203 e. The Bertz CT molecular complexity index is 747. The van der Waals surface area contributed by atoms with E-state index in [-0.39, 0.29) is 12.6 Å². The molecular weight excluding hydrogens is 370 g/mol. The van der Waals surface area contributed by atoms with Crippen LogP contribution in [0.15, 0.2) is 42.5 Å². The third-order valence-corrected chi connectivity index (χ3v) is 5.30. The standard InChI is InChI=1S/C22H31N3O4/c1-27-19-11-17(12-20(28-2)22(19)29-3)21-18(13-23-24-21)15-25(9-10-26)14-16-7-5-4-6-8-16/h4-8,11-12,18,21,23-24,26H,9-10,13-15H2,1-3H3. The molecule has 2 aromatic rings. The molecule has 1 aliphatic heterocycles. The molecule has 1 fully saturated rings. The molecule has 0 bridgehead atoms. The van der Waals surface area contributed by atoms with Crippen LogP contribution in [0, 0.1) is 5.92 Å². The summed E-state index contributed by atoms with van der Waals surface area (Å²) in [7, 11) is 4.86. The van der Waals surface area contributed by atoms with Crippen LogP contribution in [0.5, 0.6) is 17.2 Å². The maximum atomic E-state index is 9.55. The van der Waals surface area contributed by atoms with E-state index in [1.807, 2.05) is 30.3 Å². The predicted octanol–water partition coefficient (Wildman–Crippen LogP) is 1.97. The van der Waals surface area contributed by atoms with E-state index in [4.69, 9.17) is 14.2 Å². The van der Waals surface area contributed by atoms with Crippen LogP contribution in [0.4, 0.5) is 0 Å². The molecule has 7 heteroatoms. The molecule has 29 heavy (non-hydrogen) atoms. The Morgan fingerprint density at radius 1 is 1.03 bits per heavy atom. The molecule has 3 N–H and O–H groups in total. The molecule has 1 saturated heterocycles. The minimum Gasteiger partial charge on any atom is -0.493 e. The molecule has 2 unspecified atom stereocenters. The average molecular weight is 402 g/mol. The summed E-state index contributed by atoms with van der Waals surface area (Å²) in [5, 5.41) is 9.55. The lowest BCUT2D eigenvalue weighted by Gasteiger charge is -2.28. The predicted molar refractivity (Wildman–Crippen MR) is 112 cm³/mol. The van der Waals surface area contributed by atoms with Crippen molar-refractivity contribution in [3.05, 3.63) is 53.6 Å². The van der Waals surface area contributed by atoms with Gasteiger partial charge in [0.25, 0.3) is 0 Å². The largest absolute Gasteiger partial charge is 0.493 e. The van der Waals surface area contributed by atoms with E-state index in [0.717, 1.165) is 25.2 Å². The summed E-state index contributed by atoms with van der Waals surface area (Å²) in [6.07, 6.45) is 0. The molecule has 3 rings (SSSR count). The first-order chi connectivity index (χ1) is 14.2. The van der Waals surface area contributed by atoms with E-state index in [1.54, 1.807) is 21.3 Å². The van der Waals surface area contributed by atoms with Crippen molar-refractivity contribution in [2.45, 2.75) is 12.6 Å². The van der Waals surface area contributed by atoms with Crippen molar-refractivity contribution in [3.63, 3.8) is 0 Å². The first-order valence-corrected chi connectivity index (χ1v) is 9.85. The second-order valence-corrected chi connectivity index (χ2v) is 7.17. The number of benzene rings is 2. The number of ether oxygens (including phenoxy) is 3. The first-order valence-electron chi connectivity index (χ1n) is 9.85. The number of methoxy groups -OCH3 is 3. The van der Waals surface area contributed by atoms with Crippen LogP contribution < -0.4 is 25.1 Å². The summed E-state index contributed by atoms with van der Waals surface area (Å²) < 4.78 is 16.5. The van der Waals surface area contributed by atoms with Crippen LogP contribution in [0.25, 0.3) is 0 Å². The maximum absolute atomic E-state index is 9.55. The van der Waals surface area contributed by atoms with E-state index < -0.39 is 0 Å². The Balaban J connectivity index is 1.79. The fraction of sp³-hybridized carbons (Fsp3) is 0.455. The Morgan fingerprint density at radius 3 is 2.31 bits per heavy atom. The summed E-state index contributed by atoms with van der Waals surface area (Å²) in [6, 6.07) is 14.4. The number of rotatable bonds is 10. The molecule has 0 amide bonds. The summed E-state index contributed by atoms with van der Waals surface area (Å²) in [4.78, 5) is 2.29. The van der Waals surface area contributed by atoms with Gasteiger partial charge in [0, 0.05) is 32.1 Å². The molecule has 0 radical (unpaired) electrons. The number of hydrazine groups is 1. The van der Waals surface area contributed by atoms with Crippen molar-refractivity contribution in [2.75, 3.05) is 47.6 Å². The van der Waals surface area contributed by atoms with E-state index in [2.05, 4.69) is 27.9 Å². The van der Waals surface area contributed by atoms with Gasteiger partial charge in [0.2, 0.25) is 5.75 Å². The highest BCUT2D eigenvalue weighted by Gasteiger charge is 2.31. The van der Waals surface area contributed by atoms with Crippen molar-refractivity contribution >= 4 is 0 Å². The third kappa shape index (κ3) is 5.19. The fourth-order valence-electron chi connectivity index (χ4n) is 3.89. The van der Waals surface area contributed by atoms with Crippen LogP contribution in [-0.4, -0.2) is 57.6 Å². The van der Waals surface area contributed by atoms with E-state index >= 15 is 0 Å². The Kier molecular flexibility index (Phi) is 7.71. The van der Waals surface area contributed by atoms with Gasteiger partial charge in [-0.05, 0) is 23.3 Å². The SMILES string of the molecule is COc1cc(C2NNCC2CN(CCO)Cc2ccccc2)cc(OC)c1OC. The second-order valence-electron chi connectivity index (χ2n) is 7.17. The van der Waals surface area contributed by atoms with Crippen LogP contribution in [-0.2, 0) is 6.54 Å². The molecule has 1 aliphatic rings. The van der Waals surface area contributed by atoms with Crippen molar-refractivity contribution in [1.82, 2.24) is 15.8 Å². The lowest BCUT2D eigenvalue weighted by molar-refractivity contribution is 0.167. The molecule has 2 atom stereocenters. The summed E-state index contributed by atoms with van der Waals surface area (Å²) >= 11 is 0. The summed E-state index contributed by atoms with van der Waals surface area (Å²) in [6.45, 7) is 3.25. The average Bonchev–Trinajstić information content (AvgIpc) is 3.21. The van der Waals surface area contributed by atoms with Gasteiger partial charge in [0.1, 0.15) is 0 Å². The molecule has 1 heterocycles. The van der Waals surface area contributed by atoms with Gasteiger partial charge in [-0.2, -0.15) is 0 Å². The van der Waals surface area contributed by atoms with Crippen LogP contribution in [0.3, 0.4) is 0 Å². The third-order valence-electron chi connectivity index (χ3n) is 5.30. The maximum Gasteiger partial charge on any atom is 0.203 e. The molecule has 2 aromatic carbocycles. The molecule has 0 aromatic heterocycles. The Hall–Kier alpha value is -2.32. The number of hydrogen-bond donors (Lipinski definition) is 3. The van der Waals surface area contributed by atoms with Crippen molar-refractivity contribution < 1.29 is 19.3 Å². The van der Waals surface area contributed by atoms with Gasteiger partial charge < -0.3 is 19.3 Å². The van der Waals surface area contributed by atoms with Crippen LogP contribution in [0.2, 0.25) is 0 Å². The summed E-state index contributed by atoms with van der Waals surface area (Å²) in [5.74, 6) is 2.19. The van der Waals surface area contributed by atoms with E-state index in [1.165, 1.54) is 5.56 Å². The zero-order valence-electron chi connectivity index (χ0n) is 17.4. The highest BCUT2D eigenvalue weighted by molar-refractivity contribution is 5.54. The molecule has 0 saturated carbocycles. The lowest BCUT2D eigenvalue weighted by Crippen LogP contribution is -2.34. The molecule has 158 valence electrons. The zero-order chi connectivity index (χ0) is 20.6. The van der Waals surface area contributed by atoms with Crippen molar-refractivity contribution in [2.24, 2.45) is 5.92 Å². The minimum atomic E-state index is 0.0840. The zero-order valence-corrected chi connectivity index (χ0v) is 17.4. The van der Waals surface area contributed by atoms with Gasteiger partial charge in [-0.25, -0.2) is 5.43 Å². The summed E-state index contributed by atoms with van der Waals surface area (Å²) in [5.41, 5.74) is 8.97. The number of nitrogens with zero attached hydrogens (tertiary/aromatic N) is 1. The molecule has 7 nitrogen and oxygen atoms in total. The van der Waals surface area contributed by atoms with Gasteiger partial charge >= 0.3 is 0 Å². The Labute approximate surface area is 172 Å². The van der Waals surface area contributed by atoms with Crippen molar-refractivity contribution in [3.8, 4) is 17.2 Å². The number of hydrogen-bond acceptors (Lipinski definition) is 7. The van der Waals surface area contributed by atoms with Gasteiger partial charge in [0.15, 0.2) is 11.5 Å². The lowest BCUT2D eigenvalue weighted by atomic mass is 9.93. The van der Waals surface area contributed by atoms with E-state index in [9.17, 15) is 5.11 Å². The molecular formula is C22H31N3O4. The van der Waals surface area contributed by atoms with Gasteiger partial charge in [-0.15, -0.1) is 0 Å².